The van der Waals surface area contributed by atoms with Gasteiger partial charge in [0.2, 0.25) is 0 Å². The van der Waals surface area contributed by atoms with Gasteiger partial charge in [-0.05, 0) is 49.2 Å². The van der Waals surface area contributed by atoms with E-state index in [0.717, 1.165) is 25.7 Å². The molecule has 1 heterocycles. The minimum absolute atomic E-state index is 0.0290. The third kappa shape index (κ3) is 4.86. The Morgan fingerprint density at radius 1 is 1.15 bits per heavy atom. The first-order chi connectivity index (χ1) is 12.6. The molecule has 1 aliphatic rings. The molecule has 0 aliphatic heterocycles. The van der Waals surface area contributed by atoms with Crippen LogP contribution in [0.2, 0.25) is 0 Å². The van der Waals surface area contributed by atoms with E-state index < -0.39 is 12.1 Å². The van der Waals surface area contributed by atoms with Crippen molar-refractivity contribution in [1.29, 1.82) is 0 Å². The number of aliphatic hydroxyl groups excluding tert-OH is 1. The van der Waals surface area contributed by atoms with Crippen molar-refractivity contribution in [3.05, 3.63) is 54.0 Å². The van der Waals surface area contributed by atoms with E-state index in [1.54, 1.807) is 36.4 Å². The smallest absolute Gasteiger partial charge is 0.319 e. The number of carbonyl (C=O) groups excluding carboxylic acids is 2. The average Bonchev–Trinajstić information content (AvgIpc) is 3.34. The highest BCUT2D eigenvalue weighted by molar-refractivity contribution is 5.95. The number of hydrogen-bond acceptors (Lipinski definition) is 4. The molecular formula is C19H23N3O4. The van der Waals surface area contributed by atoms with Gasteiger partial charge in [0.25, 0.3) is 5.91 Å². The molecule has 1 atom stereocenters. The Bertz CT molecular complexity index is 722. The third-order valence-electron chi connectivity index (χ3n) is 4.42. The predicted octanol–water partition coefficient (Wildman–Crippen LogP) is 2.81. The van der Waals surface area contributed by atoms with E-state index >= 15 is 0 Å². The van der Waals surface area contributed by atoms with Gasteiger partial charge in [-0.3, -0.25) is 4.79 Å². The van der Waals surface area contributed by atoms with Crippen LogP contribution in [0.5, 0.6) is 0 Å². The van der Waals surface area contributed by atoms with Gasteiger partial charge in [-0.15, -0.1) is 0 Å². The number of hydrogen-bond donors (Lipinski definition) is 4. The van der Waals surface area contributed by atoms with Gasteiger partial charge in [0.15, 0.2) is 0 Å². The van der Waals surface area contributed by atoms with E-state index in [1.165, 1.54) is 6.26 Å². The SMILES string of the molecule is O=C(NCC(O)c1ccco1)Nc1ccc(C(=O)NC2CCCC2)cc1. The van der Waals surface area contributed by atoms with Gasteiger partial charge in [0.05, 0.1) is 12.8 Å². The molecule has 0 bridgehead atoms. The predicted molar refractivity (Wildman–Crippen MR) is 96.9 cm³/mol. The number of nitrogens with one attached hydrogen (secondary N) is 3. The number of anilines is 1. The lowest BCUT2D eigenvalue weighted by Gasteiger charge is -2.13. The van der Waals surface area contributed by atoms with Crippen molar-refractivity contribution in [2.75, 3.05) is 11.9 Å². The lowest BCUT2D eigenvalue weighted by molar-refractivity contribution is 0.0938. The molecule has 2 aromatic rings. The summed E-state index contributed by atoms with van der Waals surface area (Å²) in [6.07, 6.45) is 4.96. The fourth-order valence-electron chi connectivity index (χ4n) is 2.99. The summed E-state index contributed by atoms with van der Waals surface area (Å²) in [6, 6.07) is 9.83. The highest BCUT2D eigenvalue weighted by atomic mass is 16.4. The topological polar surface area (TPSA) is 104 Å². The van der Waals surface area contributed by atoms with Gasteiger partial charge in [0.1, 0.15) is 11.9 Å². The summed E-state index contributed by atoms with van der Waals surface area (Å²) in [5.41, 5.74) is 1.13. The van der Waals surface area contributed by atoms with Crippen molar-refractivity contribution in [1.82, 2.24) is 10.6 Å². The monoisotopic (exact) mass is 357 g/mol. The molecule has 0 saturated heterocycles. The first-order valence-corrected chi connectivity index (χ1v) is 8.79. The van der Waals surface area contributed by atoms with E-state index in [-0.39, 0.29) is 18.5 Å². The molecule has 7 heteroatoms. The first-order valence-electron chi connectivity index (χ1n) is 8.79. The van der Waals surface area contributed by atoms with Crippen LogP contribution in [0.4, 0.5) is 10.5 Å². The van der Waals surface area contributed by atoms with Gasteiger partial charge in [-0.2, -0.15) is 0 Å². The van der Waals surface area contributed by atoms with E-state index in [9.17, 15) is 14.7 Å². The summed E-state index contributed by atoms with van der Waals surface area (Å²) < 4.78 is 5.07. The van der Waals surface area contributed by atoms with Crippen LogP contribution in [0.1, 0.15) is 47.9 Å². The number of urea groups is 1. The molecule has 1 unspecified atom stereocenters. The summed E-state index contributed by atoms with van der Waals surface area (Å²) in [6.45, 7) is 0.0290. The molecule has 26 heavy (non-hydrogen) atoms. The number of rotatable bonds is 6. The van der Waals surface area contributed by atoms with E-state index in [4.69, 9.17) is 4.42 Å². The maximum Gasteiger partial charge on any atom is 0.319 e. The maximum absolute atomic E-state index is 12.2. The Hall–Kier alpha value is -2.80. The lowest BCUT2D eigenvalue weighted by Crippen LogP contribution is -2.33. The first kappa shape index (κ1) is 18.0. The number of carbonyl (C=O) groups is 2. The Labute approximate surface area is 151 Å². The summed E-state index contributed by atoms with van der Waals surface area (Å²) in [4.78, 5) is 24.1. The zero-order valence-electron chi connectivity index (χ0n) is 14.4. The summed E-state index contributed by atoms with van der Waals surface area (Å²) in [5, 5.41) is 18.1. The molecule has 1 aromatic heterocycles. The normalized spacial score (nSPS) is 15.4. The van der Waals surface area contributed by atoms with E-state index in [0.29, 0.717) is 17.0 Å². The fraction of sp³-hybridized carbons (Fsp3) is 0.368. The molecule has 0 radical (unpaired) electrons. The van der Waals surface area contributed by atoms with Crippen molar-refractivity contribution in [3.63, 3.8) is 0 Å². The molecule has 3 rings (SSSR count). The largest absolute Gasteiger partial charge is 0.467 e. The Balaban J connectivity index is 1.45. The Morgan fingerprint density at radius 3 is 2.54 bits per heavy atom. The number of furan rings is 1. The average molecular weight is 357 g/mol. The van der Waals surface area contributed by atoms with Crippen molar-refractivity contribution >= 4 is 17.6 Å². The second kappa shape index (κ2) is 8.53. The Kier molecular flexibility index (Phi) is 5.91. The second-order valence-corrected chi connectivity index (χ2v) is 6.40. The van der Waals surface area contributed by atoms with Crippen LogP contribution >= 0.6 is 0 Å². The van der Waals surface area contributed by atoms with Gasteiger partial charge in [-0.25, -0.2) is 4.79 Å². The summed E-state index contributed by atoms with van der Waals surface area (Å²) in [7, 11) is 0. The van der Waals surface area contributed by atoms with Crippen molar-refractivity contribution < 1.29 is 19.1 Å². The van der Waals surface area contributed by atoms with Gasteiger partial charge in [0, 0.05) is 17.3 Å². The van der Waals surface area contributed by atoms with E-state index in [1.807, 2.05) is 0 Å². The Morgan fingerprint density at radius 2 is 1.88 bits per heavy atom. The van der Waals surface area contributed by atoms with Crippen LogP contribution in [-0.2, 0) is 0 Å². The molecule has 1 fully saturated rings. The highest BCUT2D eigenvalue weighted by Crippen LogP contribution is 2.18. The lowest BCUT2D eigenvalue weighted by atomic mass is 10.1. The van der Waals surface area contributed by atoms with Crippen molar-refractivity contribution in [2.45, 2.75) is 37.8 Å². The fourth-order valence-corrected chi connectivity index (χ4v) is 2.99. The minimum atomic E-state index is -0.905. The molecule has 4 N–H and O–H groups in total. The molecule has 0 spiro atoms. The van der Waals surface area contributed by atoms with Crippen LogP contribution in [0.15, 0.2) is 47.1 Å². The molecule has 3 amide bonds. The highest BCUT2D eigenvalue weighted by Gasteiger charge is 2.18. The van der Waals surface area contributed by atoms with Crippen molar-refractivity contribution in [2.24, 2.45) is 0 Å². The summed E-state index contributed by atoms with van der Waals surface area (Å²) >= 11 is 0. The standard InChI is InChI=1S/C19H23N3O4/c23-16(17-6-3-11-26-17)12-20-19(25)22-15-9-7-13(8-10-15)18(24)21-14-4-1-2-5-14/h3,6-11,14,16,23H,1-2,4-5,12H2,(H,21,24)(H2,20,22,25). The zero-order valence-corrected chi connectivity index (χ0v) is 14.4. The molecule has 7 nitrogen and oxygen atoms in total. The third-order valence-corrected chi connectivity index (χ3v) is 4.42. The maximum atomic E-state index is 12.2. The van der Waals surface area contributed by atoms with Crippen molar-refractivity contribution in [3.8, 4) is 0 Å². The number of amides is 3. The molecule has 138 valence electrons. The molecule has 1 aliphatic carbocycles. The van der Waals surface area contributed by atoms with Crippen LogP contribution in [0.25, 0.3) is 0 Å². The number of benzene rings is 1. The van der Waals surface area contributed by atoms with Crippen LogP contribution in [-0.4, -0.2) is 29.6 Å². The van der Waals surface area contributed by atoms with Crippen LogP contribution in [0, 0.1) is 0 Å². The quantitative estimate of drug-likeness (QED) is 0.638. The van der Waals surface area contributed by atoms with Crippen LogP contribution in [0.3, 0.4) is 0 Å². The van der Waals surface area contributed by atoms with Crippen LogP contribution < -0.4 is 16.0 Å². The molecule has 1 saturated carbocycles. The minimum Gasteiger partial charge on any atom is -0.467 e. The zero-order chi connectivity index (χ0) is 18.4. The van der Waals surface area contributed by atoms with E-state index in [2.05, 4.69) is 16.0 Å². The van der Waals surface area contributed by atoms with Gasteiger partial charge >= 0.3 is 6.03 Å². The second-order valence-electron chi connectivity index (χ2n) is 6.40. The molecular weight excluding hydrogens is 334 g/mol. The summed E-state index contributed by atoms with van der Waals surface area (Å²) in [5.74, 6) is 0.303. The van der Waals surface area contributed by atoms with Gasteiger partial charge in [-0.1, -0.05) is 12.8 Å². The number of aliphatic hydroxyl groups is 1. The molecule has 1 aromatic carbocycles. The van der Waals surface area contributed by atoms with Gasteiger partial charge < -0.3 is 25.5 Å².